The molecule has 83 valence electrons. The summed E-state index contributed by atoms with van der Waals surface area (Å²) in [5.41, 5.74) is 5.41. The molecule has 6 heteroatoms. The number of esters is 1. The molecule has 0 aromatic carbocycles. The van der Waals surface area contributed by atoms with Crippen LogP contribution in [0.5, 0.6) is 0 Å². The van der Waals surface area contributed by atoms with Crippen molar-refractivity contribution in [1.29, 1.82) is 0 Å². The van der Waals surface area contributed by atoms with E-state index in [0.29, 0.717) is 10.9 Å². The van der Waals surface area contributed by atoms with E-state index in [4.69, 9.17) is 22.7 Å². The molecule has 2 atom stereocenters. The first-order valence-corrected chi connectivity index (χ1v) is 5.94. The summed E-state index contributed by atoms with van der Waals surface area (Å²) in [6.45, 7) is 6.20. The van der Waals surface area contributed by atoms with Gasteiger partial charge in [0.2, 0.25) is 0 Å². The van der Waals surface area contributed by atoms with Crippen molar-refractivity contribution in [3.05, 3.63) is 0 Å². The first-order chi connectivity index (χ1) is 6.52. The molecule has 0 saturated heterocycles. The Labute approximate surface area is 123 Å². The number of hydrogen-bond donors (Lipinski definition) is 1. The monoisotopic (exact) mass is 258 g/mol. The summed E-state index contributed by atoms with van der Waals surface area (Å²) in [5.74, 6) is 0.000185. The van der Waals surface area contributed by atoms with Crippen molar-refractivity contribution in [2.24, 2.45) is 11.7 Å². The van der Waals surface area contributed by atoms with Gasteiger partial charge in [-0.3, -0.25) is 4.79 Å². The Morgan fingerprint density at radius 1 is 1.53 bits per heavy atom. The maximum atomic E-state index is 11.5. The summed E-state index contributed by atoms with van der Waals surface area (Å²) in [6, 6.07) is 0. The topological polar surface area (TPSA) is 52.3 Å². The third-order valence-electron chi connectivity index (χ3n) is 1.92. The fraction of sp³-hybridized carbons (Fsp3) is 0.778. The summed E-state index contributed by atoms with van der Waals surface area (Å²) in [5, 5.41) is -0.266. The van der Waals surface area contributed by atoms with Gasteiger partial charge < -0.3 is 10.5 Å². The minimum atomic E-state index is -0.266. The van der Waals surface area contributed by atoms with E-state index in [1.54, 1.807) is 6.92 Å². The summed E-state index contributed by atoms with van der Waals surface area (Å²) in [7, 11) is 0. The second kappa shape index (κ2) is 9.90. The molecule has 0 amide bonds. The van der Waals surface area contributed by atoms with Gasteiger partial charge in [-0.05, 0) is 12.8 Å². The molecular weight excluding hydrogens is 241 g/mol. The van der Waals surface area contributed by atoms with Crippen LogP contribution in [0.2, 0.25) is 0 Å². The smallest absolute Gasteiger partial charge is 0.319 e. The average Bonchev–Trinajstić information content (AvgIpc) is 2.13. The molecule has 0 aromatic heterocycles. The Bertz CT molecular complexity index is 214. The Morgan fingerprint density at radius 3 is 2.40 bits per heavy atom. The molecule has 0 fully saturated rings. The van der Waals surface area contributed by atoms with Gasteiger partial charge in [-0.1, -0.05) is 44.2 Å². The van der Waals surface area contributed by atoms with Gasteiger partial charge in [0, 0.05) is 29.6 Å². The fourth-order valence-corrected chi connectivity index (χ4v) is 2.11. The first-order valence-electron chi connectivity index (χ1n) is 4.65. The molecule has 15 heavy (non-hydrogen) atoms. The maximum absolute atomic E-state index is 11.5. The van der Waals surface area contributed by atoms with Gasteiger partial charge in [-0.15, -0.1) is 0 Å². The second-order valence-corrected chi connectivity index (χ2v) is 4.88. The summed E-state index contributed by atoms with van der Waals surface area (Å²) >= 11 is 5.99. The summed E-state index contributed by atoms with van der Waals surface area (Å²) in [4.78, 5) is 11.5. The van der Waals surface area contributed by atoms with Crippen molar-refractivity contribution in [2.75, 3.05) is 6.61 Å². The van der Waals surface area contributed by atoms with Crippen molar-refractivity contribution in [1.82, 2.24) is 0 Å². The van der Waals surface area contributed by atoms with E-state index in [0.717, 1.165) is 6.42 Å². The van der Waals surface area contributed by atoms with Crippen LogP contribution in [0.25, 0.3) is 0 Å². The Kier molecular flexibility index (Phi) is 11.9. The van der Waals surface area contributed by atoms with Crippen LogP contribution in [0.1, 0.15) is 27.2 Å². The first kappa shape index (κ1) is 18.1. The van der Waals surface area contributed by atoms with E-state index in [9.17, 15) is 4.79 Å². The average molecular weight is 258 g/mol. The van der Waals surface area contributed by atoms with Crippen LogP contribution in [0, 0.1) is 5.92 Å². The maximum Gasteiger partial charge on any atom is 0.319 e. The zero-order valence-electron chi connectivity index (χ0n) is 9.78. The van der Waals surface area contributed by atoms with E-state index in [-0.39, 0.29) is 46.7 Å². The molecule has 0 aliphatic carbocycles. The third-order valence-corrected chi connectivity index (χ3v) is 3.35. The largest absolute Gasteiger partial charge is 0.465 e. The molecule has 0 aliphatic heterocycles. The van der Waals surface area contributed by atoms with Crippen molar-refractivity contribution in [2.45, 2.75) is 32.4 Å². The van der Waals surface area contributed by atoms with Gasteiger partial charge in [0.05, 0.1) is 6.61 Å². The number of thioether (sulfide) groups is 1. The molecular formula is C9H17NNaO2S2. The summed E-state index contributed by atoms with van der Waals surface area (Å²) in [6.07, 6.45) is 0.902. The molecule has 0 saturated carbocycles. The summed E-state index contributed by atoms with van der Waals surface area (Å²) < 4.78 is 5.25. The van der Waals surface area contributed by atoms with E-state index in [1.807, 2.05) is 13.8 Å². The number of thiocarbonyl (C=S) groups is 1. The Balaban J connectivity index is 0. The standard InChI is InChI=1S/C9H17NO2S2.Na/c1-4-6(3)7(14-9(10)13)8(11)12-5-2;/h6-7H,4-5H2,1-3H3,(H2,10,13);/t6-,7-;/m0./s1. The van der Waals surface area contributed by atoms with Crippen LogP contribution in [0.4, 0.5) is 0 Å². The second-order valence-electron chi connectivity index (χ2n) is 3.00. The molecule has 0 rings (SSSR count). The van der Waals surface area contributed by atoms with Crippen molar-refractivity contribution in [3.8, 4) is 0 Å². The molecule has 0 bridgehead atoms. The number of rotatable bonds is 5. The van der Waals surface area contributed by atoms with Gasteiger partial charge >= 0.3 is 5.97 Å². The van der Waals surface area contributed by atoms with Crippen molar-refractivity contribution < 1.29 is 9.53 Å². The van der Waals surface area contributed by atoms with E-state index in [2.05, 4.69) is 0 Å². The zero-order valence-corrected chi connectivity index (χ0v) is 13.4. The molecule has 0 spiro atoms. The normalized spacial score (nSPS) is 13.5. The van der Waals surface area contributed by atoms with Gasteiger partial charge in [0.25, 0.3) is 0 Å². The van der Waals surface area contributed by atoms with Gasteiger partial charge in [-0.2, -0.15) is 0 Å². The molecule has 0 aromatic rings. The minimum absolute atomic E-state index is 0. The van der Waals surface area contributed by atoms with Gasteiger partial charge in [0.15, 0.2) is 0 Å². The van der Waals surface area contributed by atoms with Crippen LogP contribution >= 0.6 is 24.0 Å². The van der Waals surface area contributed by atoms with Crippen molar-refractivity contribution in [3.63, 3.8) is 0 Å². The van der Waals surface area contributed by atoms with E-state index >= 15 is 0 Å². The van der Waals surface area contributed by atoms with Crippen molar-refractivity contribution >= 4 is 63.8 Å². The number of hydrogen-bond acceptors (Lipinski definition) is 4. The van der Waals surface area contributed by atoms with E-state index in [1.165, 1.54) is 11.8 Å². The molecule has 0 aliphatic rings. The molecule has 1 radical (unpaired) electrons. The fourth-order valence-electron chi connectivity index (χ4n) is 0.960. The predicted molar refractivity (Wildman–Crippen MR) is 70.0 cm³/mol. The van der Waals surface area contributed by atoms with E-state index < -0.39 is 0 Å². The quantitative estimate of drug-likeness (QED) is 0.461. The minimum Gasteiger partial charge on any atom is -0.465 e. The molecule has 0 unspecified atom stereocenters. The number of ether oxygens (including phenoxy) is 1. The SMILES string of the molecule is CCOC(=O)[C@@H](SC(N)=S)[C@@H](C)CC.[Na]. The number of carbonyl (C=O) groups excluding carboxylic acids is 1. The van der Waals surface area contributed by atoms with Crippen LogP contribution in [-0.4, -0.2) is 51.7 Å². The van der Waals surface area contributed by atoms with Crippen LogP contribution in [0.15, 0.2) is 0 Å². The van der Waals surface area contributed by atoms with Crippen LogP contribution < -0.4 is 5.73 Å². The Hall–Kier alpha value is 0.710. The number of nitrogens with two attached hydrogens (primary N) is 1. The molecule has 3 nitrogen and oxygen atoms in total. The van der Waals surface area contributed by atoms with Gasteiger partial charge in [-0.25, -0.2) is 0 Å². The predicted octanol–water partition coefficient (Wildman–Crippen LogP) is 1.56. The third kappa shape index (κ3) is 7.58. The molecule has 2 N–H and O–H groups in total. The number of carbonyl (C=O) groups is 1. The molecule has 0 heterocycles. The van der Waals surface area contributed by atoms with Crippen LogP contribution in [0.3, 0.4) is 0 Å². The van der Waals surface area contributed by atoms with Gasteiger partial charge in [0.1, 0.15) is 9.57 Å². The van der Waals surface area contributed by atoms with Crippen LogP contribution in [-0.2, 0) is 9.53 Å². The Morgan fingerprint density at radius 2 is 2.07 bits per heavy atom. The zero-order chi connectivity index (χ0) is 11.1.